The zero-order chi connectivity index (χ0) is 15.5. The van der Waals surface area contributed by atoms with Gasteiger partial charge in [-0.2, -0.15) is 0 Å². The number of aromatic nitrogens is 1. The molecule has 1 amide bonds. The lowest BCUT2D eigenvalue weighted by Crippen LogP contribution is -2.12. The average molecular weight is 361 g/mol. The Morgan fingerprint density at radius 3 is 3.00 bits per heavy atom. The zero-order valence-corrected chi connectivity index (χ0v) is 13.4. The fraction of sp³-hybridized carbons (Fsp3) is 0.125. The molecule has 0 fully saturated rings. The number of halogens is 1. The second-order valence-corrected chi connectivity index (χ2v) is 5.37. The van der Waals surface area contributed by atoms with Gasteiger partial charge < -0.3 is 14.5 Å². The van der Waals surface area contributed by atoms with E-state index < -0.39 is 0 Å². The van der Waals surface area contributed by atoms with Gasteiger partial charge in [0.1, 0.15) is 11.3 Å². The first-order valence-corrected chi connectivity index (χ1v) is 7.55. The Kier molecular flexibility index (Phi) is 4.11. The Morgan fingerprint density at radius 2 is 2.23 bits per heavy atom. The standard InChI is InChI=1S/C16H13BrN2O3/c1-2-21-16-12(7-4-8-18-16)19-15(20)13-9-10-5-3-6-11(17)14(10)22-13/h3-9H,2H2,1H3,(H,19,20). The number of benzene rings is 1. The van der Waals surface area contributed by atoms with Gasteiger partial charge >= 0.3 is 0 Å². The number of hydrogen-bond acceptors (Lipinski definition) is 4. The van der Waals surface area contributed by atoms with Crippen LogP contribution in [0.2, 0.25) is 0 Å². The first-order valence-electron chi connectivity index (χ1n) is 6.76. The molecule has 1 N–H and O–H groups in total. The number of pyridine rings is 1. The predicted molar refractivity (Wildman–Crippen MR) is 87.3 cm³/mol. The van der Waals surface area contributed by atoms with Crippen LogP contribution in [0.15, 0.2) is 51.5 Å². The van der Waals surface area contributed by atoms with Crippen molar-refractivity contribution >= 4 is 38.5 Å². The van der Waals surface area contributed by atoms with Gasteiger partial charge in [-0.05, 0) is 47.1 Å². The summed E-state index contributed by atoms with van der Waals surface area (Å²) in [4.78, 5) is 16.4. The molecule has 3 aromatic rings. The molecule has 0 atom stereocenters. The van der Waals surface area contributed by atoms with Crippen molar-refractivity contribution in [1.29, 1.82) is 0 Å². The smallest absolute Gasteiger partial charge is 0.291 e. The van der Waals surface area contributed by atoms with E-state index in [-0.39, 0.29) is 11.7 Å². The molecule has 0 bridgehead atoms. The van der Waals surface area contributed by atoms with Crippen molar-refractivity contribution in [2.24, 2.45) is 0 Å². The Bertz CT molecular complexity index is 829. The van der Waals surface area contributed by atoms with Crippen molar-refractivity contribution in [1.82, 2.24) is 4.98 Å². The number of carbonyl (C=O) groups excluding carboxylic acids is 1. The molecule has 0 radical (unpaired) electrons. The van der Waals surface area contributed by atoms with Crippen molar-refractivity contribution in [2.45, 2.75) is 6.92 Å². The number of ether oxygens (including phenoxy) is 1. The number of amides is 1. The van der Waals surface area contributed by atoms with E-state index in [4.69, 9.17) is 9.15 Å². The van der Waals surface area contributed by atoms with Gasteiger partial charge in [0.05, 0.1) is 11.1 Å². The minimum absolute atomic E-state index is 0.230. The molecule has 5 nitrogen and oxygen atoms in total. The highest BCUT2D eigenvalue weighted by molar-refractivity contribution is 9.10. The number of anilines is 1. The summed E-state index contributed by atoms with van der Waals surface area (Å²) in [5.41, 5.74) is 1.15. The van der Waals surface area contributed by atoms with E-state index in [1.54, 1.807) is 24.4 Å². The largest absolute Gasteiger partial charge is 0.476 e. The molecule has 112 valence electrons. The summed E-state index contributed by atoms with van der Waals surface area (Å²) in [6.45, 7) is 2.33. The van der Waals surface area contributed by atoms with E-state index in [0.29, 0.717) is 23.8 Å². The maximum Gasteiger partial charge on any atom is 0.291 e. The van der Waals surface area contributed by atoms with Gasteiger partial charge in [-0.3, -0.25) is 4.79 Å². The Balaban J connectivity index is 1.89. The first kappa shape index (κ1) is 14.6. The van der Waals surface area contributed by atoms with Gasteiger partial charge in [-0.1, -0.05) is 12.1 Å². The van der Waals surface area contributed by atoms with E-state index in [1.165, 1.54) is 0 Å². The molecule has 0 aliphatic heterocycles. The van der Waals surface area contributed by atoms with Crippen LogP contribution in [0.5, 0.6) is 5.88 Å². The van der Waals surface area contributed by atoms with Crippen LogP contribution in [-0.4, -0.2) is 17.5 Å². The number of rotatable bonds is 4. The summed E-state index contributed by atoms with van der Waals surface area (Å²) in [6.07, 6.45) is 1.61. The number of hydrogen-bond donors (Lipinski definition) is 1. The fourth-order valence-electron chi connectivity index (χ4n) is 2.06. The minimum Gasteiger partial charge on any atom is -0.476 e. The molecular weight excluding hydrogens is 348 g/mol. The molecule has 0 saturated heterocycles. The highest BCUT2D eigenvalue weighted by atomic mass is 79.9. The normalized spacial score (nSPS) is 10.6. The lowest BCUT2D eigenvalue weighted by Gasteiger charge is -2.08. The van der Waals surface area contributed by atoms with E-state index in [0.717, 1.165) is 9.86 Å². The number of nitrogens with zero attached hydrogens (tertiary/aromatic N) is 1. The lowest BCUT2D eigenvalue weighted by molar-refractivity contribution is 0.0998. The SMILES string of the molecule is CCOc1ncccc1NC(=O)c1cc2cccc(Br)c2o1. The summed E-state index contributed by atoms with van der Waals surface area (Å²) >= 11 is 3.40. The van der Waals surface area contributed by atoms with Gasteiger partial charge in [0.2, 0.25) is 5.88 Å². The van der Waals surface area contributed by atoms with Gasteiger partial charge in [0, 0.05) is 11.6 Å². The molecule has 2 aromatic heterocycles. The molecule has 2 heterocycles. The molecule has 0 unspecified atom stereocenters. The van der Waals surface area contributed by atoms with Crippen LogP contribution in [0.1, 0.15) is 17.5 Å². The summed E-state index contributed by atoms with van der Waals surface area (Å²) in [7, 11) is 0. The fourth-order valence-corrected chi connectivity index (χ4v) is 2.52. The van der Waals surface area contributed by atoms with E-state index >= 15 is 0 Å². The summed E-state index contributed by atoms with van der Waals surface area (Å²) in [5.74, 6) is 0.265. The van der Waals surface area contributed by atoms with Crippen LogP contribution in [0.3, 0.4) is 0 Å². The Morgan fingerprint density at radius 1 is 1.36 bits per heavy atom. The highest BCUT2D eigenvalue weighted by Crippen LogP contribution is 2.28. The predicted octanol–water partition coefficient (Wildman–Crippen LogP) is 4.24. The molecule has 0 saturated carbocycles. The molecule has 3 rings (SSSR count). The van der Waals surface area contributed by atoms with Gasteiger partial charge in [-0.15, -0.1) is 0 Å². The number of nitrogens with one attached hydrogen (secondary N) is 1. The maximum atomic E-state index is 12.3. The third-order valence-corrected chi connectivity index (χ3v) is 3.64. The molecule has 0 spiro atoms. The van der Waals surface area contributed by atoms with E-state index in [2.05, 4.69) is 26.2 Å². The topological polar surface area (TPSA) is 64.4 Å². The van der Waals surface area contributed by atoms with Gasteiger partial charge in [-0.25, -0.2) is 4.98 Å². The second-order valence-electron chi connectivity index (χ2n) is 4.51. The molecule has 1 aromatic carbocycles. The Hall–Kier alpha value is -2.34. The minimum atomic E-state index is -0.350. The molecule has 22 heavy (non-hydrogen) atoms. The van der Waals surface area contributed by atoms with Crippen LogP contribution >= 0.6 is 15.9 Å². The molecule has 0 aliphatic carbocycles. The summed E-state index contributed by atoms with van der Waals surface area (Å²) < 4.78 is 11.8. The van der Waals surface area contributed by atoms with Crippen LogP contribution in [0, 0.1) is 0 Å². The highest BCUT2D eigenvalue weighted by Gasteiger charge is 2.16. The third-order valence-electron chi connectivity index (χ3n) is 3.02. The quantitative estimate of drug-likeness (QED) is 0.755. The first-order chi connectivity index (χ1) is 10.7. The van der Waals surface area contributed by atoms with E-state index in [9.17, 15) is 4.79 Å². The Labute approximate surface area is 135 Å². The summed E-state index contributed by atoms with van der Waals surface area (Å²) in [5, 5.41) is 3.61. The van der Waals surface area contributed by atoms with Gasteiger partial charge in [0.15, 0.2) is 5.76 Å². The third kappa shape index (κ3) is 2.82. The monoisotopic (exact) mass is 360 g/mol. The molecule has 0 aliphatic rings. The van der Waals surface area contributed by atoms with Crippen LogP contribution < -0.4 is 10.1 Å². The van der Waals surface area contributed by atoms with Crippen LogP contribution in [0.25, 0.3) is 11.0 Å². The van der Waals surface area contributed by atoms with E-state index in [1.807, 2.05) is 25.1 Å². The molecule has 6 heteroatoms. The van der Waals surface area contributed by atoms with Crippen molar-refractivity contribution in [3.8, 4) is 5.88 Å². The van der Waals surface area contributed by atoms with Gasteiger partial charge in [0.25, 0.3) is 5.91 Å². The van der Waals surface area contributed by atoms with Crippen molar-refractivity contribution in [2.75, 3.05) is 11.9 Å². The van der Waals surface area contributed by atoms with Crippen molar-refractivity contribution in [3.05, 3.63) is 52.8 Å². The number of para-hydroxylation sites is 1. The number of furan rings is 1. The molecular formula is C16H13BrN2O3. The van der Waals surface area contributed by atoms with Crippen LogP contribution in [0.4, 0.5) is 5.69 Å². The summed E-state index contributed by atoms with van der Waals surface area (Å²) in [6, 6.07) is 10.8. The zero-order valence-electron chi connectivity index (χ0n) is 11.8. The average Bonchev–Trinajstić information content (AvgIpc) is 2.95. The second kappa shape index (κ2) is 6.19. The maximum absolute atomic E-state index is 12.3. The number of fused-ring (bicyclic) bond motifs is 1. The number of carbonyl (C=O) groups is 1. The van der Waals surface area contributed by atoms with Crippen molar-refractivity contribution < 1.29 is 13.9 Å². The van der Waals surface area contributed by atoms with Crippen molar-refractivity contribution in [3.63, 3.8) is 0 Å². The van der Waals surface area contributed by atoms with Crippen LogP contribution in [-0.2, 0) is 0 Å². The lowest BCUT2D eigenvalue weighted by atomic mass is 10.2.